The number of nitro groups is 1. The van der Waals surface area contributed by atoms with Crippen LogP contribution in [0.4, 0.5) is 11.4 Å². The number of anilines is 1. The third-order valence-corrected chi connectivity index (χ3v) is 3.91. The highest BCUT2D eigenvalue weighted by molar-refractivity contribution is 9.10. The normalized spacial score (nSPS) is 10.4. The molecule has 0 aliphatic carbocycles. The van der Waals surface area contributed by atoms with E-state index >= 15 is 0 Å². The van der Waals surface area contributed by atoms with Gasteiger partial charge >= 0.3 is 0 Å². The molecule has 0 aromatic heterocycles. The zero-order valence-electron chi connectivity index (χ0n) is 10.4. The Bertz CT molecular complexity index is 710. The first-order chi connectivity index (χ1) is 9.88. The fourth-order valence-electron chi connectivity index (χ4n) is 1.71. The second-order valence-electron chi connectivity index (χ2n) is 4.17. The van der Waals surface area contributed by atoms with Crippen molar-refractivity contribution >= 4 is 50.5 Å². The van der Waals surface area contributed by atoms with Gasteiger partial charge in [-0.15, -0.1) is 0 Å². The lowest BCUT2D eigenvalue weighted by atomic mass is 10.2. The quantitative estimate of drug-likeness (QED) is 0.569. The molecule has 0 amide bonds. The van der Waals surface area contributed by atoms with Crippen LogP contribution in [0.1, 0.15) is 5.56 Å². The van der Waals surface area contributed by atoms with Gasteiger partial charge in [-0.05, 0) is 40.2 Å². The van der Waals surface area contributed by atoms with Crippen molar-refractivity contribution in [3.05, 3.63) is 60.5 Å². The Balaban J connectivity index is 2.21. The molecule has 0 saturated carbocycles. The molecule has 2 aromatic carbocycles. The van der Waals surface area contributed by atoms with Gasteiger partial charge in [-0.25, -0.2) is 0 Å². The van der Waals surface area contributed by atoms with Gasteiger partial charge in [0.1, 0.15) is 5.75 Å². The molecular weight excluding hydrogens is 383 g/mol. The largest absolute Gasteiger partial charge is 0.506 e. The van der Waals surface area contributed by atoms with E-state index in [4.69, 9.17) is 23.2 Å². The minimum atomic E-state index is -0.483. The lowest BCUT2D eigenvalue weighted by Gasteiger charge is -2.10. The van der Waals surface area contributed by atoms with Crippen molar-refractivity contribution in [2.45, 2.75) is 6.54 Å². The lowest BCUT2D eigenvalue weighted by Crippen LogP contribution is -2.01. The summed E-state index contributed by atoms with van der Waals surface area (Å²) in [6.07, 6.45) is 0. The number of halogens is 3. The summed E-state index contributed by atoms with van der Waals surface area (Å²) in [5, 5.41) is 24.2. The van der Waals surface area contributed by atoms with Crippen molar-refractivity contribution in [1.82, 2.24) is 0 Å². The molecule has 2 rings (SSSR count). The van der Waals surface area contributed by atoms with Crippen LogP contribution in [-0.2, 0) is 6.54 Å². The minimum absolute atomic E-state index is 0.0478. The zero-order valence-corrected chi connectivity index (χ0v) is 13.5. The number of nitrogens with zero attached hydrogens (tertiary/aromatic N) is 1. The average Bonchev–Trinajstić information content (AvgIpc) is 2.42. The van der Waals surface area contributed by atoms with Crippen LogP contribution < -0.4 is 5.32 Å². The molecule has 21 heavy (non-hydrogen) atoms. The highest BCUT2D eigenvalue weighted by Crippen LogP contribution is 2.32. The number of benzene rings is 2. The topological polar surface area (TPSA) is 75.4 Å². The van der Waals surface area contributed by atoms with Crippen LogP contribution in [0.5, 0.6) is 5.75 Å². The summed E-state index contributed by atoms with van der Waals surface area (Å²) in [6.45, 7) is 0.227. The van der Waals surface area contributed by atoms with Crippen LogP contribution in [0.3, 0.4) is 0 Å². The molecule has 0 aliphatic rings. The van der Waals surface area contributed by atoms with Crippen LogP contribution in [-0.4, -0.2) is 10.0 Å². The molecule has 0 bridgehead atoms. The van der Waals surface area contributed by atoms with E-state index in [2.05, 4.69) is 21.2 Å². The Labute approximate surface area is 138 Å². The number of nitro benzene ring substituents is 1. The Morgan fingerprint density at radius 2 is 2.00 bits per heavy atom. The van der Waals surface area contributed by atoms with Gasteiger partial charge in [0.2, 0.25) is 0 Å². The molecule has 0 saturated heterocycles. The van der Waals surface area contributed by atoms with E-state index in [1.807, 2.05) is 0 Å². The van der Waals surface area contributed by atoms with Gasteiger partial charge in [0.25, 0.3) is 5.69 Å². The van der Waals surface area contributed by atoms with Gasteiger partial charge in [0.05, 0.1) is 14.4 Å². The highest BCUT2D eigenvalue weighted by Gasteiger charge is 2.13. The highest BCUT2D eigenvalue weighted by atomic mass is 79.9. The van der Waals surface area contributed by atoms with Gasteiger partial charge < -0.3 is 10.4 Å². The number of aromatic hydroxyl groups is 1. The molecule has 2 N–H and O–H groups in total. The molecule has 8 heteroatoms. The van der Waals surface area contributed by atoms with Gasteiger partial charge in [-0.1, -0.05) is 23.2 Å². The fraction of sp³-hybridized carbons (Fsp3) is 0.0769. The maximum absolute atomic E-state index is 10.9. The van der Waals surface area contributed by atoms with Crippen LogP contribution in [0.2, 0.25) is 10.0 Å². The summed E-state index contributed by atoms with van der Waals surface area (Å²) in [5.41, 5.74) is 0.992. The van der Waals surface area contributed by atoms with E-state index in [0.717, 1.165) is 0 Å². The molecule has 0 unspecified atom stereocenters. The second-order valence-corrected chi connectivity index (χ2v) is 5.87. The number of nitrogens with one attached hydrogen (secondary N) is 1. The Hall–Kier alpha value is -1.50. The standard InChI is InChI=1S/C13H9BrCl2N2O3/c14-10-2-1-9(5-12(10)18(20)21)17-6-7-3-8(15)4-11(16)13(7)19/h1-5,17,19H,6H2. The van der Waals surface area contributed by atoms with Crippen molar-refractivity contribution in [3.8, 4) is 5.75 Å². The summed E-state index contributed by atoms with van der Waals surface area (Å²) in [5.74, 6) is -0.0693. The summed E-state index contributed by atoms with van der Waals surface area (Å²) < 4.78 is 0.395. The smallest absolute Gasteiger partial charge is 0.285 e. The van der Waals surface area contributed by atoms with E-state index < -0.39 is 4.92 Å². The van der Waals surface area contributed by atoms with Crippen LogP contribution in [0, 0.1) is 10.1 Å². The third kappa shape index (κ3) is 3.78. The number of hydrogen-bond acceptors (Lipinski definition) is 4. The van der Waals surface area contributed by atoms with E-state index in [0.29, 0.717) is 20.7 Å². The maximum Gasteiger partial charge on any atom is 0.285 e. The molecule has 110 valence electrons. The summed E-state index contributed by atoms with van der Waals surface area (Å²) in [4.78, 5) is 10.4. The van der Waals surface area contributed by atoms with Crippen molar-refractivity contribution in [3.63, 3.8) is 0 Å². The SMILES string of the molecule is O=[N+]([O-])c1cc(NCc2cc(Cl)cc(Cl)c2O)ccc1Br. The Morgan fingerprint density at radius 1 is 1.29 bits per heavy atom. The molecular formula is C13H9BrCl2N2O3. The number of hydrogen-bond donors (Lipinski definition) is 2. The van der Waals surface area contributed by atoms with Crippen molar-refractivity contribution in [2.24, 2.45) is 0 Å². The van der Waals surface area contributed by atoms with Gasteiger partial charge in [-0.2, -0.15) is 0 Å². The molecule has 0 aliphatic heterocycles. The van der Waals surface area contributed by atoms with E-state index in [9.17, 15) is 15.2 Å². The lowest BCUT2D eigenvalue weighted by molar-refractivity contribution is -0.385. The third-order valence-electron chi connectivity index (χ3n) is 2.73. The van der Waals surface area contributed by atoms with Gasteiger partial charge in [0.15, 0.2) is 0 Å². The predicted molar refractivity (Wildman–Crippen MR) is 86.2 cm³/mol. The number of rotatable bonds is 4. The molecule has 0 radical (unpaired) electrons. The molecule has 2 aromatic rings. The van der Waals surface area contributed by atoms with E-state index in [1.54, 1.807) is 18.2 Å². The molecule has 0 atom stereocenters. The van der Waals surface area contributed by atoms with Gasteiger partial charge in [-0.3, -0.25) is 10.1 Å². The monoisotopic (exact) mass is 390 g/mol. The van der Waals surface area contributed by atoms with E-state index in [-0.39, 0.29) is 23.0 Å². The molecule has 0 spiro atoms. The van der Waals surface area contributed by atoms with Crippen LogP contribution >= 0.6 is 39.1 Å². The molecule has 5 nitrogen and oxygen atoms in total. The zero-order chi connectivity index (χ0) is 15.6. The molecule has 0 heterocycles. The first-order valence-corrected chi connectivity index (χ1v) is 7.28. The summed E-state index contributed by atoms with van der Waals surface area (Å²) >= 11 is 14.8. The number of phenolic OH excluding ortho intramolecular Hbond substituents is 1. The predicted octanol–water partition coefficient (Wildman–Crippen LogP) is 4.98. The first-order valence-electron chi connectivity index (χ1n) is 5.73. The Kier molecular flexibility index (Phi) is 4.92. The fourth-order valence-corrected chi connectivity index (χ4v) is 2.64. The maximum atomic E-state index is 10.9. The van der Waals surface area contributed by atoms with Crippen molar-refractivity contribution in [1.29, 1.82) is 0 Å². The van der Waals surface area contributed by atoms with E-state index in [1.165, 1.54) is 12.1 Å². The van der Waals surface area contributed by atoms with Crippen molar-refractivity contribution in [2.75, 3.05) is 5.32 Å². The average molecular weight is 392 g/mol. The summed E-state index contributed by atoms with van der Waals surface area (Å²) in [7, 11) is 0. The summed E-state index contributed by atoms with van der Waals surface area (Å²) in [6, 6.07) is 7.66. The first kappa shape index (κ1) is 15.9. The van der Waals surface area contributed by atoms with Crippen LogP contribution in [0.25, 0.3) is 0 Å². The van der Waals surface area contributed by atoms with Crippen LogP contribution in [0.15, 0.2) is 34.8 Å². The van der Waals surface area contributed by atoms with Gasteiger partial charge in [0, 0.05) is 28.9 Å². The number of phenols is 1. The van der Waals surface area contributed by atoms with Crippen molar-refractivity contribution < 1.29 is 10.0 Å². The minimum Gasteiger partial charge on any atom is -0.506 e. The molecule has 0 fully saturated rings. The second kappa shape index (κ2) is 6.51. The Morgan fingerprint density at radius 3 is 2.67 bits per heavy atom.